The van der Waals surface area contributed by atoms with Gasteiger partial charge in [0.15, 0.2) is 0 Å². The van der Waals surface area contributed by atoms with Crippen LogP contribution in [0.2, 0.25) is 0 Å². The van der Waals surface area contributed by atoms with Gasteiger partial charge in [0, 0.05) is 5.57 Å². The fourth-order valence-corrected chi connectivity index (χ4v) is 2.03. The second-order valence-corrected chi connectivity index (χ2v) is 4.84. The fraction of sp³-hybridized carbons (Fsp3) is 0.750. The van der Waals surface area contributed by atoms with Crippen molar-refractivity contribution in [3.05, 3.63) is 12.2 Å². The molecule has 0 radical (unpaired) electrons. The van der Waals surface area contributed by atoms with Crippen LogP contribution >= 0.6 is 0 Å². The predicted molar refractivity (Wildman–Crippen MR) is 57.8 cm³/mol. The molecule has 21 heavy (non-hydrogen) atoms. The maximum absolute atomic E-state index is 12.9. The van der Waals surface area contributed by atoms with Gasteiger partial charge in [-0.05, 0) is 18.8 Å². The van der Waals surface area contributed by atoms with E-state index in [4.69, 9.17) is 0 Å². The Morgan fingerprint density at radius 3 is 1.86 bits per heavy atom. The topological polar surface area (TPSA) is 26.3 Å². The third-order valence-corrected chi connectivity index (χ3v) is 3.30. The minimum atomic E-state index is -6.54. The summed E-state index contributed by atoms with van der Waals surface area (Å²) in [5, 5.41) is 0. The first-order valence-corrected chi connectivity index (χ1v) is 6.14. The van der Waals surface area contributed by atoms with Crippen LogP contribution in [-0.4, -0.2) is 24.2 Å². The fourth-order valence-electron chi connectivity index (χ4n) is 2.03. The minimum absolute atomic E-state index is 0.426. The lowest BCUT2D eigenvalue weighted by Gasteiger charge is -2.28. The van der Waals surface area contributed by atoms with E-state index in [9.17, 15) is 35.5 Å². The van der Waals surface area contributed by atoms with Crippen molar-refractivity contribution < 1.29 is 40.3 Å². The summed E-state index contributed by atoms with van der Waals surface area (Å²) in [4.78, 5) is 11.3. The Kier molecular flexibility index (Phi) is 4.94. The van der Waals surface area contributed by atoms with Crippen molar-refractivity contribution in [2.24, 2.45) is 5.92 Å². The quantitative estimate of drug-likeness (QED) is 0.434. The van der Waals surface area contributed by atoms with Crippen LogP contribution in [-0.2, 0) is 9.53 Å². The first kappa shape index (κ1) is 17.8. The number of carbonyl (C=O) groups excluding carboxylic acids is 1. The molecule has 2 nitrogen and oxygen atoms in total. The van der Waals surface area contributed by atoms with Gasteiger partial charge in [-0.1, -0.05) is 25.8 Å². The van der Waals surface area contributed by atoms with Crippen LogP contribution in [0.4, 0.5) is 30.7 Å². The smallest absolute Gasteiger partial charge is 0.392 e. The molecule has 0 saturated heterocycles. The Morgan fingerprint density at radius 2 is 1.43 bits per heavy atom. The lowest BCUT2D eigenvalue weighted by molar-refractivity contribution is -0.411. The minimum Gasteiger partial charge on any atom is -0.392 e. The van der Waals surface area contributed by atoms with Gasteiger partial charge in [0.25, 0.3) is 0 Å². The van der Waals surface area contributed by atoms with Gasteiger partial charge in [0.1, 0.15) is 0 Å². The number of ether oxygens (including phenoxy) is 1. The van der Waals surface area contributed by atoms with Crippen LogP contribution in [0.15, 0.2) is 12.2 Å². The molecule has 0 aromatic carbocycles. The van der Waals surface area contributed by atoms with Gasteiger partial charge in [0.05, 0.1) is 0 Å². The van der Waals surface area contributed by atoms with Crippen molar-refractivity contribution in [1.29, 1.82) is 0 Å². The number of hydrogen-bond acceptors (Lipinski definition) is 2. The molecule has 0 atom stereocenters. The van der Waals surface area contributed by atoms with Crippen molar-refractivity contribution in [1.82, 2.24) is 0 Å². The third kappa shape index (κ3) is 3.68. The molecule has 0 spiro atoms. The molecule has 1 aliphatic rings. The standard InChI is InChI=1S/C12H13F7O2/c1-7(8-5-3-2-4-6-8)9(20)21-12(18,19)10(13,14)11(15,16)17/h8H,1-6H2. The summed E-state index contributed by atoms with van der Waals surface area (Å²) in [5.41, 5.74) is -0.507. The first-order chi connectivity index (χ1) is 9.40. The molecule has 1 aliphatic carbocycles. The SMILES string of the molecule is C=C(C(=O)OC(F)(F)C(F)(F)C(F)(F)F)C1CCCCC1. The number of halogens is 7. The van der Waals surface area contributed by atoms with Gasteiger partial charge < -0.3 is 4.74 Å². The number of rotatable bonds is 4. The van der Waals surface area contributed by atoms with Crippen LogP contribution < -0.4 is 0 Å². The molecular formula is C12H13F7O2. The highest BCUT2D eigenvalue weighted by atomic mass is 19.4. The second kappa shape index (κ2) is 5.84. The maximum Gasteiger partial charge on any atom is 0.476 e. The normalized spacial score (nSPS) is 18.4. The summed E-state index contributed by atoms with van der Waals surface area (Å²) in [7, 11) is 0. The zero-order chi connectivity index (χ0) is 16.5. The average molecular weight is 322 g/mol. The van der Waals surface area contributed by atoms with Gasteiger partial charge in [0.2, 0.25) is 0 Å². The Bertz CT molecular complexity index is 408. The molecule has 1 fully saturated rings. The zero-order valence-corrected chi connectivity index (χ0v) is 10.8. The van der Waals surface area contributed by atoms with E-state index in [-0.39, 0.29) is 0 Å². The van der Waals surface area contributed by atoms with Crippen LogP contribution in [0.25, 0.3) is 0 Å². The first-order valence-electron chi connectivity index (χ1n) is 6.14. The Labute approximate surface area is 115 Å². The van der Waals surface area contributed by atoms with Crippen molar-refractivity contribution >= 4 is 5.97 Å². The Balaban J connectivity index is 2.78. The molecule has 9 heteroatoms. The van der Waals surface area contributed by atoms with Crippen molar-refractivity contribution in [2.45, 2.75) is 50.3 Å². The summed E-state index contributed by atoms with van der Waals surface area (Å²) in [6, 6.07) is 0. The average Bonchev–Trinajstić information content (AvgIpc) is 2.36. The zero-order valence-electron chi connectivity index (χ0n) is 10.8. The summed E-state index contributed by atoms with van der Waals surface area (Å²) in [5.74, 6) is -8.94. The number of carbonyl (C=O) groups is 1. The highest BCUT2D eigenvalue weighted by Crippen LogP contribution is 2.47. The molecule has 0 unspecified atom stereocenters. The van der Waals surface area contributed by atoms with Crippen molar-refractivity contribution in [3.63, 3.8) is 0 Å². The molecule has 0 bridgehead atoms. The van der Waals surface area contributed by atoms with Crippen molar-refractivity contribution in [3.8, 4) is 0 Å². The van der Waals surface area contributed by atoms with E-state index in [0.29, 0.717) is 25.7 Å². The van der Waals surface area contributed by atoms with Crippen molar-refractivity contribution in [2.75, 3.05) is 0 Å². The highest BCUT2D eigenvalue weighted by Gasteiger charge is 2.76. The van der Waals surface area contributed by atoms with Crippen LogP contribution in [0, 0.1) is 5.92 Å². The van der Waals surface area contributed by atoms with E-state index >= 15 is 0 Å². The highest BCUT2D eigenvalue weighted by molar-refractivity contribution is 5.88. The van der Waals surface area contributed by atoms with E-state index in [0.717, 1.165) is 6.42 Å². The van der Waals surface area contributed by atoms with E-state index < -0.39 is 35.7 Å². The molecule has 1 saturated carbocycles. The third-order valence-electron chi connectivity index (χ3n) is 3.30. The Hall–Kier alpha value is -1.28. The van der Waals surface area contributed by atoms with Crippen LogP contribution in [0.5, 0.6) is 0 Å². The molecular weight excluding hydrogens is 309 g/mol. The summed E-state index contributed by atoms with van der Waals surface area (Å²) in [6.45, 7) is 3.17. The van der Waals surface area contributed by atoms with Gasteiger partial charge in [-0.2, -0.15) is 30.7 Å². The monoisotopic (exact) mass is 322 g/mol. The number of alkyl halides is 7. The molecule has 122 valence electrons. The number of hydrogen-bond donors (Lipinski definition) is 0. The van der Waals surface area contributed by atoms with Crippen LogP contribution in [0.1, 0.15) is 32.1 Å². The van der Waals surface area contributed by atoms with Gasteiger partial charge in [-0.15, -0.1) is 0 Å². The van der Waals surface area contributed by atoms with Gasteiger partial charge in [-0.25, -0.2) is 4.79 Å². The summed E-state index contributed by atoms with van der Waals surface area (Å²) < 4.78 is 89.8. The molecule has 1 rings (SSSR count). The van der Waals surface area contributed by atoms with E-state index in [1.54, 1.807) is 0 Å². The number of esters is 1. The predicted octanol–water partition coefficient (Wildman–Crippen LogP) is 4.46. The molecule has 0 heterocycles. The molecule has 0 N–H and O–H groups in total. The van der Waals surface area contributed by atoms with Gasteiger partial charge in [-0.3, -0.25) is 0 Å². The Morgan fingerprint density at radius 1 is 0.952 bits per heavy atom. The van der Waals surface area contributed by atoms with E-state index in [2.05, 4.69) is 11.3 Å². The lowest BCUT2D eigenvalue weighted by Crippen LogP contribution is -2.54. The second-order valence-electron chi connectivity index (χ2n) is 4.84. The maximum atomic E-state index is 12.9. The molecule has 0 aromatic heterocycles. The summed E-state index contributed by atoms with van der Waals surface area (Å²) in [6.07, 6.45) is -9.44. The van der Waals surface area contributed by atoms with Crippen LogP contribution in [0.3, 0.4) is 0 Å². The lowest BCUT2D eigenvalue weighted by atomic mass is 9.84. The van der Waals surface area contributed by atoms with Gasteiger partial charge >= 0.3 is 24.2 Å². The summed E-state index contributed by atoms with van der Waals surface area (Å²) >= 11 is 0. The molecule has 0 amide bonds. The molecule has 0 aliphatic heterocycles. The van der Waals surface area contributed by atoms with E-state index in [1.165, 1.54) is 0 Å². The largest absolute Gasteiger partial charge is 0.476 e. The van der Waals surface area contributed by atoms with E-state index in [1.807, 2.05) is 0 Å². The molecule has 0 aromatic rings.